The minimum absolute atomic E-state index is 0.117. The first kappa shape index (κ1) is 14.8. The Bertz CT molecular complexity index is 585. The van der Waals surface area contributed by atoms with E-state index in [1.54, 1.807) is 10.9 Å². The molecule has 0 aromatic carbocycles. The lowest BCUT2D eigenvalue weighted by atomic mass is 9.90. The summed E-state index contributed by atoms with van der Waals surface area (Å²) in [4.78, 5) is 4.31. The van der Waals surface area contributed by atoms with Crippen LogP contribution in [-0.2, 0) is 11.3 Å². The van der Waals surface area contributed by atoms with Crippen molar-refractivity contribution in [2.45, 2.75) is 32.1 Å². The zero-order chi connectivity index (χ0) is 14.2. The smallest absolute Gasteiger partial charge is 0.155 e. The molecule has 0 spiro atoms. The van der Waals surface area contributed by atoms with E-state index in [4.69, 9.17) is 23.2 Å². The summed E-state index contributed by atoms with van der Waals surface area (Å²) < 4.78 is 2.54. The van der Waals surface area contributed by atoms with Crippen LogP contribution in [0.15, 0.2) is 22.8 Å². The zero-order valence-electron chi connectivity index (χ0n) is 10.9. The van der Waals surface area contributed by atoms with E-state index in [0.29, 0.717) is 16.9 Å². The van der Waals surface area contributed by atoms with Crippen LogP contribution in [0.2, 0.25) is 5.15 Å². The largest absolute Gasteiger partial charge is 0.236 e. The van der Waals surface area contributed by atoms with Crippen LogP contribution in [0.5, 0.6) is 0 Å². The Kier molecular flexibility index (Phi) is 4.23. The van der Waals surface area contributed by atoms with Crippen molar-refractivity contribution in [3.63, 3.8) is 0 Å². The van der Waals surface area contributed by atoms with E-state index < -0.39 is 0 Å². The second-order valence-electron chi connectivity index (χ2n) is 5.25. The molecule has 0 aliphatic carbocycles. The molecule has 0 saturated heterocycles. The standard InChI is InChI=1S/C13H14BrCl2N3/c1-13(2,3)11-9(6-15)12(16)19(18-11)10-5-4-8(14)7-17-10/h4-5,7H,6H2,1-3H3. The molecule has 2 heterocycles. The molecule has 2 rings (SSSR count). The van der Waals surface area contributed by atoms with Gasteiger partial charge < -0.3 is 0 Å². The van der Waals surface area contributed by atoms with Crippen molar-refractivity contribution in [3.8, 4) is 5.82 Å². The topological polar surface area (TPSA) is 30.7 Å². The molecule has 0 aliphatic heterocycles. The molecule has 19 heavy (non-hydrogen) atoms. The highest BCUT2D eigenvalue weighted by molar-refractivity contribution is 9.10. The first-order valence-electron chi connectivity index (χ1n) is 5.80. The molecule has 0 fully saturated rings. The number of alkyl halides is 1. The number of pyridine rings is 1. The van der Waals surface area contributed by atoms with Crippen LogP contribution < -0.4 is 0 Å². The van der Waals surface area contributed by atoms with Gasteiger partial charge in [-0.05, 0) is 28.1 Å². The lowest BCUT2D eigenvalue weighted by Crippen LogP contribution is -2.14. The van der Waals surface area contributed by atoms with Crippen LogP contribution in [-0.4, -0.2) is 14.8 Å². The molecular formula is C13H14BrCl2N3. The average Bonchev–Trinajstić information content (AvgIpc) is 2.67. The van der Waals surface area contributed by atoms with Gasteiger partial charge in [0.1, 0.15) is 5.15 Å². The Hall–Kier alpha value is -0.580. The highest BCUT2D eigenvalue weighted by Gasteiger charge is 2.26. The van der Waals surface area contributed by atoms with E-state index in [0.717, 1.165) is 15.7 Å². The lowest BCUT2D eigenvalue weighted by molar-refractivity contribution is 0.556. The molecule has 0 unspecified atom stereocenters. The molecule has 102 valence electrons. The Morgan fingerprint density at radius 2 is 2.00 bits per heavy atom. The van der Waals surface area contributed by atoms with E-state index in [2.05, 4.69) is 46.8 Å². The van der Waals surface area contributed by atoms with Crippen LogP contribution in [0.1, 0.15) is 32.0 Å². The predicted octanol–water partition coefficient (Wildman–Crippen LogP) is 4.72. The lowest BCUT2D eigenvalue weighted by Gasteiger charge is -2.16. The van der Waals surface area contributed by atoms with Crippen molar-refractivity contribution in [2.75, 3.05) is 0 Å². The summed E-state index contributed by atoms with van der Waals surface area (Å²) >= 11 is 15.7. The first-order valence-corrected chi connectivity index (χ1v) is 7.51. The number of aromatic nitrogens is 3. The SMILES string of the molecule is CC(C)(C)c1nn(-c2ccc(Br)cn2)c(Cl)c1CCl. The minimum atomic E-state index is -0.117. The van der Waals surface area contributed by atoms with Gasteiger partial charge >= 0.3 is 0 Å². The maximum Gasteiger partial charge on any atom is 0.155 e. The molecule has 0 radical (unpaired) electrons. The number of hydrogen-bond donors (Lipinski definition) is 0. The maximum atomic E-state index is 6.37. The van der Waals surface area contributed by atoms with Gasteiger partial charge in [-0.2, -0.15) is 5.10 Å². The maximum absolute atomic E-state index is 6.37. The summed E-state index contributed by atoms with van der Waals surface area (Å²) in [6, 6.07) is 3.75. The molecule has 0 atom stereocenters. The minimum Gasteiger partial charge on any atom is -0.236 e. The first-order chi connectivity index (χ1) is 8.84. The second-order valence-corrected chi connectivity index (χ2v) is 6.79. The molecule has 0 N–H and O–H groups in total. The van der Waals surface area contributed by atoms with Gasteiger partial charge in [0, 0.05) is 21.6 Å². The molecule has 0 aliphatic rings. The summed E-state index contributed by atoms with van der Waals surface area (Å²) in [5.41, 5.74) is 1.65. The Morgan fingerprint density at radius 1 is 1.32 bits per heavy atom. The molecular weight excluding hydrogens is 349 g/mol. The van der Waals surface area contributed by atoms with Crippen molar-refractivity contribution < 1.29 is 0 Å². The Labute approximate surface area is 131 Å². The summed E-state index contributed by atoms with van der Waals surface area (Å²) in [6.45, 7) is 6.25. The quantitative estimate of drug-likeness (QED) is 0.723. The fraction of sp³-hybridized carbons (Fsp3) is 0.385. The van der Waals surface area contributed by atoms with Crippen molar-refractivity contribution in [1.82, 2.24) is 14.8 Å². The highest BCUT2D eigenvalue weighted by atomic mass is 79.9. The monoisotopic (exact) mass is 361 g/mol. The molecule has 0 bridgehead atoms. The van der Waals surface area contributed by atoms with Crippen molar-refractivity contribution in [3.05, 3.63) is 39.2 Å². The molecule has 0 amide bonds. The fourth-order valence-corrected chi connectivity index (χ4v) is 2.63. The van der Waals surface area contributed by atoms with Crippen LogP contribution in [0.3, 0.4) is 0 Å². The van der Waals surface area contributed by atoms with E-state index >= 15 is 0 Å². The van der Waals surface area contributed by atoms with Gasteiger partial charge in [-0.3, -0.25) is 0 Å². The normalized spacial score (nSPS) is 11.9. The Balaban J connectivity index is 2.59. The van der Waals surface area contributed by atoms with Gasteiger partial charge in [0.2, 0.25) is 0 Å². The van der Waals surface area contributed by atoms with Gasteiger partial charge in [-0.25, -0.2) is 9.67 Å². The number of hydrogen-bond acceptors (Lipinski definition) is 2. The molecule has 3 nitrogen and oxygen atoms in total. The molecule has 2 aromatic heterocycles. The van der Waals surface area contributed by atoms with Crippen LogP contribution in [0.4, 0.5) is 0 Å². The number of nitrogens with zero attached hydrogens (tertiary/aromatic N) is 3. The van der Waals surface area contributed by atoms with E-state index in [9.17, 15) is 0 Å². The van der Waals surface area contributed by atoms with Gasteiger partial charge in [-0.15, -0.1) is 11.6 Å². The van der Waals surface area contributed by atoms with Gasteiger partial charge in [-0.1, -0.05) is 32.4 Å². The summed E-state index contributed by atoms with van der Waals surface area (Å²) in [6.07, 6.45) is 1.71. The van der Waals surface area contributed by atoms with Crippen LogP contribution in [0, 0.1) is 0 Å². The van der Waals surface area contributed by atoms with Crippen molar-refractivity contribution in [2.24, 2.45) is 0 Å². The molecule has 2 aromatic rings. The molecule has 6 heteroatoms. The average molecular weight is 363 g/mol. The third-order valence-electron chi connectivity index (χ3n) is 2.69. The summed E-state index contributed by atoms with van der Waals surface area (Å²) in [5.74, 6) is 1.01. The fourth-order valence-electron chi connectivity index (χ4n) is 1.80. The third-order valence-corrected chi connectivity index (χ3v) is 3.82. The van der Waals surface area contributed by atoms with E-state index in [-0.39, 0.29) is 5.41 Å². The Morgan fingerprint density at radius 3 is 2.42 bits per heavy atom. The van der Waals surface area contributed by atoms with Crippen molar-refractivity contribution in [1.29, 1.82) is 0 Å². The summed E-state index contributed by atoms with van der Waals surface area (Å²) in [5, 5.41) is 5.10. The zero-order valence-corrected chi connectivity index (χ0v) is 14.0. The summed E-state index contributed by atoms with van der Waals surface area (Å²) in [7, 11) is 0. The predicted molar refractivity (Wildman–Crippen MR) is 82.3 cm³/mol. The van der Waals surface area contributed by atoms with Crippen LogP contribution in [0.25, 0.3) is 5.82 Å². The number of rotatable bonds is 2. The van der Waals surface area contributed by atoms with Gasteiger partial charge in [0.15, 0.2) is 5.82 Å². The van der Waals surface area contributed by atoms with Crippen LogP contribution >= 0.6 is 39.1 Å². The van der Waals surface area contributed by atoms with E-state index in [1.807, 2.05) is 12.1 Å². The van der Waals surface area contributed by atoms with E-state index in [1.165, 1.54) is 0 Å². The number of halogens is 3. The third kappa shape index (κ3) is 2.96. The molecule has 0 saturated carbocycles. The highest BCUT2D eigenvalue weighted by Crippen LogP contribution is 2.32. The van der Waals surface area contributed by atoms with Gasteiger partial charge in [0.05, 0.1) is 11.6 Å². The van der Waals surface area contributed by atoms with Crippen molar-refractivity contribution >= 4 is 39.1 Å². The second kappa shape index (κ2) is 5.43. The van der Waals surface area contributed by atoms with Gasteiger partial charge in [0.25, 0.3) is 0 Å².